The van der Waals surface area contributed by atoms with Crippen LogP contribution in [-0.2, 0) is 0 Å². The molecule has 2 rings (SSSR count). The standard InChI is InChI=1S/C18H30N2/c1-12-7-6-8-17(10-9-12)20-16(5)18-13(2)11-14(3)19-15(18)4/h11-12,16-17,20H,6-10H2,1-5H3. The summed E-state index contributed by atoms with van der Waals surface area (Å²) in [4.78, 5) is 4.64. The fourth-order valence-corrected chi connectivity index (χ4v) is 3.78. The molecular weight excluding hydrogens is 244 g/mol. The van der Waals surface area contributed by atoms with Crippen molar-refractivity contribution in [3.8, 4) is 0 Å². The smallest absolute Gasteiger partial charge is 0.0426 e. The zero-order valence-electron chi connectivity index (χ0n) is 13.8. The van der Waals surface area contributed by atoms with Crippen molar-refractivity contribution in [2.75, 3.05) is 0 Å². The van der Waals surface area contributed by atoms with E-state index in [1.165, 1.54) is 48.9 Å². The molecule has 0 spiro atoms. The van der Waals surface area contributed by atoms with Crippen LogP contribution in [0.2, 0.25) is 0 Å². The number of nitrogens with one attached hydrogen (secondary N) is 1. The maximum atomic E-state index is 4.64. The van der Waals surface area contributed by atoms with Gasteiger partial charge in [0.05, 0.1) is 0 Å². The van der Waals surface area contributed by atoms with Crippen LogP contribution in [-0.4, -0.2) is 11.0 Å². The first-order chi connectivity index (χ1) is 9.47. The highest BCUT2D eigenvalue weighted by Gasteiger charge is 2.20. The number of rotatable bonds is 3. The third kappa shape index (κ3) is 3.82. The van der Waals surface area contributed by atoms with Crippen LogP contribution in [0.4, 0.5) is 0 Å². The number of aromatic nitrogens is 1. The number of hydrogen-bond acceptors (Lipinski definition) is 2. The molecule has 3 atom stereocenters. The van der Waals surface area contributed by atoms with Crippen molar-refractivity contribution >= 4 is 0 Å². The maximum absolute atomic E-state index is 4.64. The second kappa shape index (κ2) is 6.71. The second-order valence-corrected chi connectivity index (χ2v) is 6.78. The Morgan fingerprint density at radius 2 is 1.90 bits per heavy atom. The molecule has 3 unspecified atom stereocenters. The maximum Gasteiger partial charge on any atom is 0.0426 e. The minimum atomic E-state index is 0.404. The monoisotopic (exact) mass is 274 g/mol. The van der Waals surface area contributed by atoms with E-state index in [-0.39, 0.29) is 0 Å². The molecule has 1 N–H and O–H groups in total. The molecule has 1 aliphatic carbocycles. The van der Waals surface area contributed by atoms with Crippen molar-refractivity contribution in [3.05, 3.63) is 28.6 Å². The molecular formula is C18H30N2. The van der Waals surface area contributed by atoms with E-state index in [0.29, 0.717) is 12.1 Å². The minimum Gasteiger partial charge on any atom is -0.307 e. The van der Waals surface area contributed by atoms with E-state index in [2.05, 4.69) is 51.0 Å². The lowest BCUT2D eigenvalue weighted by atomic mass is 9.98. The van der Waals surface area contributed by atoms with Gasteiger partial charge in [0.25, 0.3) is 0 Å². The van der Waals surface area contributed by atoms with E-state index in [4.69, 9.17) is 0 Å². The summed E-state index contributed by atoms with van der Waals surface area (Å²) in [5.74, 6) is 0.904. The van der Waals surface area contributed by atoms with Crippen LogP contribution in [0.15, 0.2) is 6.07 Å². The number of hydrogen-bond donors (Lipinski definition) is 1. The normalized spacial score (nSPS) is 25.2. The number of aryl methyl sites for hydroxylation is 3. The van der Waals surface area contributed by atoms with Crippen molar-refractivity contribution in [3.63, 3.8) is 0 Å². The highest BCUT2D eigenvalue weighted by atomic mass is 14.9. The summed E-state index contributed by atoms with van der Waals surface area (Å²) in [6.07, 6.45) is 6.79. The molecule has 0 amide bonds. The number of pyridine rings is 1. The summed E-state index contributed by atoms with van der Waals surface area (Å²) in [7, 11) is 0. The van der Waals surface area contributed by atoms with Crippen molar-refractivity contribution in [1.82, 2.24) is 10.3 Å². The summed E-state index contributed by atoms with van der Waals surface area (Å²) in [6, 6.07) is 3.28. The van der Waals surface area contributed by atoms with Gasteiger partial charge in [-0.25, -0.2) is 0 Å². The summed E-state index contributed by atoms with van der Waals surface area (Å²) in [5, 5.41) is 3.86. The van der Waals surface area contributed by atoms with Crippen molar-refractivity contribution in [2.45, 2.75) is 78.8 Å². The van der Waals surface area contributed by atoms with Crippen LogP contribution in [0.5, 0.6) is 0 Å². The molecule has 0 saturated heterocycles. The molecule has 1 aliphatic rings. The Labute approximate surface area is 124 Å². The molecule has 0 bridgehead atoms. The third-order valence-corrected chi connectivity index (χ3v) is 4.76. The first-order valence-corrected chi connectivity index (χ1v) is 8.18. The van der Waals surface area contributed by atoms with Gasteiger partial charge in [-0.1, -0.05) is 19.8 Å². The quantitative estimate of drug-likeness (QED) is 0.813. The molecule has 1 aromatic heterocycles. The van der Waals surface area contributed by atoms with E-state index in [0.717, 1.165) is 11.6 Å². The minimum absolute atomic E-state index is 0.404. The molecule has 0 aromatic carbocycles. The average Bonchev–Trinajstić information content (AvgIpc) is 2.53. The molecule has 1 saturated carbocycles. The Kier molecular flexibility index (Phi) is 5.20. The van der Waals surface area contributed by atoms with Gasteiger partial charge in [0.15, 0.2) is 0 Å². The van der Waals surface area contributed by atoms with Crippen LogP contribution in [0.1, 0.15) is 74.5 Å². The van der Waals surface area contributed by atoms with Gasteiger partial charge in [-0.05, 0) is 70.1 Å². The number of nitrogens with zero attached hydrogens (tertiary/aromatic N) is 1. The lowest BCUT2D eigenvalue weighted by molar-refractivity contribution is 0.406. The molecule has 2 heteroatoms. The van der Waals surface area contributed by atoms with Gasteiger partial charge in [0.1, 0.15) is 0 Å². The van der Waals surface area contributed by atoms with E-state index in [1.807, 2.05) is 0 Å². The Balaban J connectivity index is 2.06. The Bertz CT molecular complexity index is 430. The summed E-state index contributed by atoms with van der Waals surface area (Å²) >= 11 is 0. The van der Waals surface area contributed by atoms with Crippen LogP contribution in [0.3, 0.4) is 0 Å². The van der Waals surface area contributed by atoms with E-state index in [1.54, 1.807) is 0 Å². The molecule has 112 valence electrons. The first kappa shape index (κ1) is 15.5. The van der Waals surface area contributed by atoms with Crippen LogP contribution < -0.4 is 5.32 Å². The summed E-state index contributed by atoms with van der Waals surface area (Å²) in [6.45, 7) is 11.1. The van der Waals surface area contributed by atoms with Gasteiger partial charge in [-0.15, -0.1) is 0 Å². The van der Waals surface area contributed by atoms with Gasteiger partial charge in [-0.3, -0.25) is 4.98 Å². The lowest BCUT2D eigenvalue weighted by Gasteiger charge is -2.25. The van der Waals surface area contributed by atoms with Crippen LogP contribution >= 0.6 is 0 Å². The Hall–Kier alpha value is -0.890. The van der Waals surface area contributed by atoms with Gasteiger partial charge in [-0.2, -0.15) is 0 Å². The largest absolute Gasteiger partial charge is 0.307 e. The van der Waals surface area contributed by atoms with E-state index < -0.39 is 0 Å². The molecule has 0 aliphatic heterocycles. The second-order valence-electron chi connectivity index (χ2n) is 6.78. The molecule has 2 nitrogen and oxygen atoms in total. The predicted octanol–water partition coefficient (Wildman–Crippen LogP) is 4.63. The molecule has 20 heavy (non-hydrogen) atoms. The summed E-state index contributed by atoms with van der Waals surface area (Å²) < 4.78 is 0. The van der Waals surface area contributed by atoms with Crippen molar-refractivity contribution in [1.29, 1.82) is 0 Å². The molecule has 1 aromatic rings. The zero-order valence-corrected chi connectivity index (χ0v) is 13.8. The molecule has 1 heterocycles. The topological polar surface area (TPSA) is 24.9 Å². The van der Waals surface area contributed by atoms with Crippen LogP contribution in [0.25, 0.3) is 0 Å². The lowest BCUT2D eigenvalue weighted by Crippen LogP contribution is -2.32. The zero-order chi connectivity index (χ0) is 14.7. The Morgan fingerprint density at radius 3 is 2.60 bits per heavy atom. The highest BCUT2D eigenvalue weighted by Crippen LogP contribution is 2.26. The molecule has 0 radical (unpaired) electrons. The van der Waals surface area contributed by atoms with Crippen molar-refractivity contribution < 1.29 is 0 Å². The van der Waals surface area contributed by atoms with E-state index in [9.17, 15) is 0 Å². The van der Waals surface area contributed by atoms with Crippen LogP contribution in [0, 0.1) is 26.7 Å². The molecule has 1 fully saturated rings. The van der Waals surface area contributed by atoms with Gasteiger partial charge in [0, 0.05) is 23.5 Å². The highest BCUT2D eigenvalue weighted by molar-refractivity contribution is 5.33. The Morgan fingerprint density at radius 1 is 1.15 bits per heavy atom. The van der Waals surface area contributed by atoms with Gasteiger partial charge >= 0.3 is 0 Å². The van der Waals surface area contributed by atoms with Gasteiger partial charge < -0.3 is 5.32 Å². The third-order valence-electron chi connectivity index (χ3n) is 4.76. The van der Waals surface area contributed by atoms with Gasteiger partial charge in [0.2, 0.25) is 0 Å². The average molecular weight is 274 g/mol. The fourth-order valence-electron chi connectivity index (χ4n) is 3.78. The fraction of sp³-hybridized carbons (Fsp3) is 0.722. The SMILES string of the molecule is Cc1cc(C)c(C(C)NC2CCCC(C)CC2)c(C)n1. The predicted molar refractivity (Wildman–Crippen MR) is 86.0 cm³/mol. The van der Waals surface area contributed by atoms with Crippen molar-refractivity contribution in [2.24, 2.45) is 5.92 Å². The first-order valence-electron chi connectivity index (χ1n) is 8.18. The van der Waals surface area contributed by atoms with E-state index >= 15 is 0 Å². The summed E-state index contributed by atoms with van der Waals surface area (Å²) in [5.41, 5.74) is 5.08.